The van der Waals surface area contributed by atoms with E-state index in [4.69, 9.17) is 4.74 Å². The summed E-state index contributed by atoms with van der Waals surface area (Å²) in [4.78, 5) is 29.2. The van der Waals surface area contributed by atoms with Crippen LogP contribution in [0, 0.1) is 0 Å². The van der Waals surface area contributed by atoms with Crippen LogP contribution in [0.25, 0.3) is 11.3 Å². The predicted octanol–water partition coefficient (Wildman–Crippen LogP) is 2.68. The molecule has 0 aliphatic carbocycles. The Morgan fingerprint density at radius 3 is 2.67 bits per heavy atom. The highest BCUT2D eigenvalue weighted by Gasteiger charge is 2.21. The van der Waals surface area contributed by atoms with Gasteiger partial charge >= 0.3 is 0 Å². The van der Waals surface area contributed by atoms with Crippen molar-refractivity contribution < 1.29 is 9.53 Å². The first-order chi connectivity index (χ1) is 11.6. The van der Waals surface area contributed by atoms with E-state index >= 15 is 0 Å². The van der Waals surface area contributed by atoms with Crippen LogP contribution in [0.15, 0.2) is 47.3 Å². The van der Waals surface area contributed by atoms with Crippen LogP contribution in [-0.4, -0.2) is 42.1 Å². The quantitative estimate of drug-likeness (QED) is 0.939. The summed E-state index contributed by atoms with van der Waals surface area (Å²) < 4.78 is 5.66. The fourth-order valence-electron chi connectivity index (χ4n) is 2.97. The molecule has 5 nitrogen and oxygen atoms in total. The molecule has 126 valence electrons. The van der Waals surface area contributed by atoms with Gasteiger partial charge in [0.25, 0.3) is 11.5 Å². The van der Waals surface area contributed by atoms with Crippen molar-refractivity contribution in [3.8, 4) is 11.3 Å². The molecule has 0 spiro atoms. The van der Waals surface area contributed by atoms with E-state index in [9.17, 15) is 9.59 Å². The number of benzene rings is 1. The number of likely N-dealkylation sites (N-methyl/N-ethyl adjacent to an activating group) is 1. The number of hydrogen-bond acceptors (Lipinski definition) is 3. The van der Waals surface area contributed by atoms with E-state index in [2.05, 4.69) is 4.98 Å². The molecule has 3 rings (SSSR count). The summed E-state index contributed by atoms with van der Waals surface area (Å²) in [6.07, 6.45) is 3.23. The number of hydrogen-bond donors (Lipinski definition) is 1. The van der Waals surface area contributed by atoms with Gasteiger partial charge in [0, 0.05) is 25.9 Å². The van der Waals surface area contributed by atoms with Gasteiger partial charge in [0.1, 0.15) is 5.56 Å². The van der Waals surface area contributed by atoms with E-state index in [1.165, 1.54) is 0 Å². The molecule has 2 heterocycles. The molecule has 0 radical (unpaired) electrons. The molecule has 1 N–H and O–H groups in total. The number of ether oxygens (including phenoxy) is 1. The average molecular weight is 326 g/mol. The number of H-pyrrole nitrogens is 1. The first-order valence-electron chi connectivity index (χ1n) is 8.31. The monoisotopic (exact) mass is 326 g/mol. The largest absolute Gasteiger partial charge is 0.376 e. The van der Waals surface area contributed by atoms with Crippen molar-refractivity contribution in [2.24, 2.45) is 0 Å². The Kier molecular flexibility index (Phi) is 5.11. The van der Waals surface area contributed by atoms with Crippen molar-refractivity contribution >= 4 is 5.91 Å². The molecule has 1 unspecified atom stereocenters. The molecular weight excluding hydrogens is 304 g/mol. The molecule has 2 aromatic rings. The molecule has 1 amide bonds. The maximum Gasteiger partial charge on any atom is 0.261 e. The molecule has 0 saturated carbocycles. The molecule has 1 aliphatic rings. The van der Waals surface area contributed by atoms with E-state index in [-0.39, 0.29) is 23.1 Å². The topological polar surface area (TPSA) is 62.4 Å². The SMILES string of the molecule is CN(CC1CCCCO1)C(=O)c1ccc(-c2ccccc2)[nH]c1=O. The number of carbonyl (C=O) groups is 1. The number of nitrogens with one attached hydrogen (secondary N) is 1. The van der Waals surface area contributed by atoms with Crippen molar-refractivity contribution in [3.63, 3.8) is 0 Å². The summed E-state index contributed by atoms with van der Waals surface area (Å²) in [6, 6.07) is 12.9. The van der Waals surface area contributed by atoms with Gasteiger partial charge in [0.05, 0.1) is 6.10 Å². The Hall–Kier alpha value is -2.40. The molecule has 1 atom stereocenters. The number of rotatable bonds is 4. The molecule has 1 aromatic carbocycles. The van der Waals surface area contributed by atoms with Crippen molar-refractivity contribution in [1.29, 1.82) is 0 Å². The van der Waals surface area contributed by atoms with E-state index in [1.54, 1.807) is 24.1 Å². The minimum absolute atomic E-state index is 0.0652. The van der Waals surface area contributed by atoms with Gasteiger partial charge in [-0.2, -0.15) is 0 Å². The van der Waals surface area contributed by atoms with Crippen LogP contribution in [0.4, 0.5) is 0 Å². The van der Waals surface area contributed by atoms with Gasteiger partial charge in [-0.15, -0.1) is 0 Å². The summed E-state index contributed by atoms with van der Waals surface area (Å²) in [5.74, 6) is -0.273. The van der Waals surface area contributed by atoms with Crippen LogP contribution in [0.1, 0.15) is 29.6 Å². The third kappa shape index (κ3) is 3.74. The van der Waals surface area contributed by atoms with E-state index < -0.39 is 0 Å². The van der Waals surface area contributed by atoms with Crippen LogP contribution < -0.4 is 5.56 Å². The second-order valence-electron chi connectivity index (χ2n) is 6.16. The predicted molar refractivity (Wildman–Crippen MR) is 93.1 cm³/mol. The van der Waals surface area contributed by atoms with E-state index in [0.29, 0.717) is 12.2 Å². The standard InChI is InChI=1S/C19H22N2O3/c1-21(13-15-9-5-6-12-24-15)19(23)16-10-11-17(20-18(16)22)14-7-3-2-4-8-14/h2-4,7-8,10-11,15H,5-6,9,12-13H2,1H3,(H,20,22). The number of amides is 1. The molecule has 1 aliphatic heterocycles. The van der Waals surface area contributed by atoms with Crippen LogP contribution in [0.5, 0.6) is 0 Å². The van der Waals surface area contributed by atoms with Crippen molar-refractivity contribution in [2.75, 3.05) is 20.2 Å². The summed E-state index contributed by atoms with van der Waals surface area (Å²) in [5.41, 5.74) is 1.42. The highest BCUT2D eigenvalue weighted by Crippen LogP contribution is 2.16. The number of aromatic nitrogens is 1. The molecule has 1 fully saturated rings. The second-order valence-corrected chi connectivity index (χ2v) is 6.16. The minimum Gasteiger partial charge on any atom is -0.376 e. The number of nitrogens with zero attached hydrogens (tertiary/aromatic N) is 1. The molecule has 5 heteroatoms. The van der Waals surface area contributed by atoms with Gasteiger partial charge in [0.15, 0.2) is 0 Å². The van der Waals surface area contributed by atoms with Crippen molar-refractivity contribution in [3.05, 3.63) is 58.4 Å². The molecule has 0 bridgehead atoms. The first-order valence-corrected chi connectivity index (χ1v) is 8.31. The van der Waals surface area contributed by atoms with E-state index in [1.807, 2.05) is 30.3 Å². The first kappa shape index (κ1) is 16.5. The average Bonchev–Trinajstić information content (AvgIpc) is 2.62. The van der Waals surface area contributed by atoms with Crippen LogP contribution in [0.3, 0.4) is 0 Å². The minimum atomic E-state index is -0.363. The summed E-state index contributed by atoms with van der Waals surface area (Å²) in [6.45, 7) is 1.26. The van der Waals surface area contributed by atoms with Crippen LogP contribution in [-0.2, 0) is 4.74 Å². The van der Waals surface area contributed by atoms with Crippen LogP contribution >= 0.6 is 0 Å². The summed E-state index contributed by atoms with van der Waals surface area (Å²) >= 11 is 0. The van der Waals surface area contributed by atoms with Crippen molar-refractivity contribution in [2.45, 2.75) is 25.4 Å². The Balaban J connectivity index is 1.74. The fourth-order valence-corrected chi connectivity index (χ4v) is 2.97. The maximum atomic E-state index is 12.5. The normalized spacial score (nSPS) is 17.5. The number of pyridine rings is 1. The van der Waals surface area contributed by atoms with Gasteiger partial charge in [-0.1, -0.05) is 30.3 Å². The lowest BCUT2D eigenvalue weighted by Crippen LogP contribution is -2.39. The zero-order valence-electron chi connectivity index (χ0n) is 13.8. The highest BCUT2D eigenvalue weighted by molar-refractivity contribution is 5.94. The van der Waals surface area contributed by atoms with Gasteiger partial charge in [-0.25, -0.2) is 0 Å². The van der Waals surface area contributed by atoms with Crippen LogP contribution in [0.2, 0.25) is 0 Å². The Bertz CT molecular complexity index is 749. The van der Waals surface area contributed by atoms with Crippen molar-refractivity contribution in [1.82, 2.24) is 9.88 Å². The zero-order valence-corrected chi connectivity index (χ0v) is 13.8. The zero-order chi connectivity index (χ0) is 16.9. The molecular formula is C19H22N2O3. The third-order valence-corrected chi connectivity index (χ3v) is 4.32. The lowest BCUT2D eigenvalue weighted by molar-refractivity contribution is -0.000220. The van der Waals surface area contributed by atoms with Gasteiger partial charge in [-0.3, -0.25) is 9.59 Å². The lowest BCUT2D eigenvalue weighted by atomic mass is 10.1. The Morgan fingerprint density at radius 1 is 1.21 bits per heavy atom. The lowest BCUT2D eigenvalue weighted by Gasteiger charge is -2.27. The molecule has 1 aromatic heterocycles. The fraction of sp³-hybridized carbons (Fsp3) is 0.368. The molecule has 1 saturated heterocycles. The smallest absolute Gasteiger partial charge is 0.261 e. The summed E-state index contributed by atoms with van der Waals surface area (Å²) in [5, 5.41) is 0. The maximum absolute atomic E-state index is 12.5. The van der Waals surface area contributed by atoms with Gasteiger partial charge in [-0.05, 0) is 37.0 Å². The van der Waals surface area contributed by atoms with Gasteiger partial charge in [0.2, 0.25) is 0 Å². The van der Waals surface area contributed by atoms with E-state index in [0.717, 1.165) is 31.4 Å². The molecule has 24 heavy (non-hydrogen) atoms. The van der Waals surface area contributed by atoms with Gasteiger partial charge < -0.3 is 14.6 Å². The summed E-state index contributed by atoms with van der Waals surface area (Å²) in [7, 11) is 1.71. The number of aromatic amines is 1. The number of carbonyl (C=O) groups excluding carboxylic acids is 1. The Morgan fingerprint density at radius 2 is 2.00 bits per heavy atom. The highest BCUT2D eigenvalue weighted by atomic mass is 16.5. The third-order valence-electron chi connectivity index (χ3n) is 4.32. The Labute approximate surface area is 141 Å². The second kappa shape index (κ2) is 7.45.